The number of nitrogens with one attached hydrogen (secondary N) is 2. The minimum Gasteiger partial charge on any atom is -0.467 e. The maximum atomic E-state index is 11.3. The normalized spacial score (nSPS) is 11.8. The summed E-state index contributed by atoms with van der Waals surface area (Å²) in [6.07, 6.45) is 0. The third-order valence-electron chi connectivity index (χ3n) is 2.11. The predicted molar refractivity (Wildman–Crippen MR) is 66.0 cm³/mol. The summed E-state index contributed by atoms with van der Waals surface area (Å²) in [5, 5.41) is 5.99. The van der Waals surface area contributed by atoms with E-state index in [0.29, 0.717) is 11.8 Å². The summed E-state index contributed by atoms with van der Waals surface area (Å²) in [6, 6.07) is 1.34. The standard InChI is InChI=1S/C11H18N4O2/c1-5-12-11-13-7(2)6-9(15-11)14-8(3)10(16)17-4/h6,8H,5H2,1-4H3,(H2,12,13,14,15). The lowest BCUT2D eigenvalue weighted by Crippen LogP contribution is -2.27. The van der Waals surface area contributed by atoms with Crippen molar-refractivity contribution in [2.45, 2.75) is 26.8 Å². The molecule has 0 spiro atoms. The summed E-state index contributed by atoms with van der Waals surface area (Å²) in [7, 11) is 1.36. The second kappa shape index (κ2) is 6.03. The Hall–Kier alpha value is -1.85. The highest BCUT2D eigenvalue weighted by atomic mass is 16.5. The monoisotopic (exact) mass is 238 g/mol. The van der Waals surface area contributed by atoms with Crippen LogP contribution in [0.25, 0.3) is 0 Å². The number of rotatable bonds is 5. The van der Waals surface area contributed by atoms with E-state index < -0.39 is 6.04 Å². The highest BCUT2D eigenvalue weighted by Gasteiger charge is 2.13. The fraction of sp³-hybridized carbons (Fsp3) is 0.545. The van der Waals surface area contributed by atoms with Crippen LogP contribution < -0.4 is 10.6 Å². The fourth-order valence-electron chi connectivity index (χ4n) is 1.34. The Morgan fingerprint density at radius 2 is 2.24 bits per heavy atom. The molecule has 1 aromatic rings. The van der Waals surface area contributed by atoms with E-state index in [-0.39, 0.29) is 5.97 Å². The molecule has 0 aliphatic rings. The molecule has 1 atom stereocenters. The van der Waals surface area contributed by atoms with Gasteiger partial charge in [-0.2, -0.15) is 4.98 Å². The van der Waals surface area contributed by atoms with Gasteiger partial charge in [0.25, 0.3) is 0 Å². The zero-order valence-electron chi connectivity index (χ0n) is 10.6. The van der Waals surface area contributed by atoms with Crippen LogP contribution in [-0.2, 0) is 9.53 Å². The molecule has 0 fully saturated rings. The van der Waals surface area contributed by atoms with Crippen molar-refractivity contribution >= 4 is 17.7 Å². The van der Waals surface area contributed by atoms with Crippen LogP contribution in [0.4, 0.5) is 11.8 Å². The molecular formula is C11H18N4O2. The second-order valence-electron chi connectivity index (χ2n) is 3.64. The van der Waals surface area contributed by atoms with Crippen LogP contribution in [0.1, 0.15) is 19.5 Å². The number of esters is 1. The molecule has 94 valence electrons. The summed E-state index contributed by atoms with van der Waals surface area (Å²) in [4.78, 5) is 19.7. The molecule has 0 amide bonds. The summed E-state index contributed by atoms with van der Waals surface area (Å²) in [6.45, 7) is 6.30. The van der Waals surface area contributed by atoms with E-state index in [0.717, 1.165) is 12.2 Å². The fourth-order valence-corrected chi connectivity index (χ4v) is 1.34. The lowest BCUT2D eigenvalue weighted by atomic mass is 10.3. The van der Waals surface area contributed by atoms with Crippen LogP contribution in [0.2, 0.25) is 0 Å². The van der Waals surface area contributed by atoms with Crippen molar-refractivity contribution in [3.05, 3.63) is 11.8 Å². The zero-order chi connectivity index (χ0) is 12.8. The first-order valence-electron chi connectivity index (χ1n) is 5.50. The first-order chi connectivity index (χ1) is 8.06. The van der Waals surface area contributed by atoms with Crippen molar-refractivity contribution < 1.29 is 9.53 Å². The van der Waals surface area contributed by atoms with Crippen molar-refractivity contribution in [1.82, 2.24) is 9.97 Å². The van der Waals surface area contributed by atoms with Gasteiger partial charge in [-0.25, -0.2) is 9.78 Å². The molecule has 1 rings (SSSR count). The maximum absolute atomic E-state index is 11.3. The number of hydrogen-bond donors (Lipinski definition) is 2. The molecule has 1 aromatic heterocycles. The van der Waals surface area contributed by atoms with Gasteiger partial charge in [-0.05, 0) is 20.8 Å². The molecule has 0 radical (unpaired) electrons. The summed E-state index contributed by atoms with van der Waals surface area (Å²) < 4.78 is 4.63. The zero-order valence-corrected chi connectivity index (χ0v) is 10.6. The SMILES string of the molecule is CCNc1nc(C)cc(NC(C)C(=O)OC)n1. The smallest absolute Gasteiger partial charge is 0.328 e. The van der Waals surface area contributed by atoms with Gasteiger partial charge in [-0.3, -0.25) is 0 Å². The molecular weight excluding hydrogens is 220 g/mol. The van der Waals surface area contributed by atoms with E-state index in [1.807, 2.05) is 13.8 Å². The number of aromatic nitrogens is 2. The molecule has 0 saturated carbocycles. The molecule has 2 N–H and O–H groups in total. The Morgan fingerprint density at radius 3 is 2.82 bits per heavy atom. The minimum atomic E-state index is -0.441. The third-order valence-corrected chi connectivity index (χ3v) is 2.11. The lowest BCUT2D eigenvalue weighted by Gasteiger charge is -2.13. The van der Waals surface area contributed by atoms with Crippen molar-refractivity contribution in [1.29, 1.82) is 0 Å². The summed E-state index contributed by atoms with van der Waals surface area (Å²) >= 11 is 0. The first-order valence-corrected chi connectivity index (χ1v) is 5.50. The Labute approximate surface area is 101 Å². The number of methoxy groups -OCH3 is 1. The molecule has 0 bridgehead atoms. The van der Waals surface area contributed by atoms with E-state index >= 15 is 0 Å². The highest BCUT2D eigenvalue weighted by Crippen LogP contribution is 2.10. The third kappa shape index (κ3) is 3.90. The Kier molecular flexibility index (Phi) is 4.68. The number of ether oxygens (including phenoxy) is 1. The van der Waals surface area contributed by atoms with Crippen LogP contribution >= 0.6 is 0 Å². The number of carbonyl (C=O) groups is 1. The van der Waals surface area contributed by atoms with Gasteiger partial charge in [0.05, 0.1) is 7.11 Å². The molecule has 1 unspecified atom stereocenters. The number of anilines is 2. The van der Waals surface area contributed by atoms with Gasteiger partial charge < -0.3 is 15.4 Å². The van der Waals surface area contributed by atoms with Crippen LogP contribution in [0, 0.1) is 6.92 Å². The van der Waals surface area contributed by atoms with Crippen molar-refractivity contribution in [3.8, 4) is 0 Å². The first kappa shape index (κ1) is 13.2. The summed E-state index contributed by atoms with van der Waals surface area (Å²) in [5.74, 6) is 0.824. The average Bonchev–Trinajstić information content (AvgIpc) is 2.27. The van der Waals surface area contributed by atoms with Crippen LogP contribution in [0.15, 0.2) is 6.07 Å². The van der Waals surface area contributed by atoms with Crippen molar-refractivity contribution in [2.75, 3.05) is 24.3 Å². The van der Waals surface area contributed by atoms with E-state index in [1.54, 1.807) is 13.0 Å². The van der Waals surface area contributed by atoms with Gasteiger partial charge in [0.15, 0.2) is 0 Å². The van der Waals surface area contributed by atoms with Gasteiger partial charge >= 0.3 is 5.97 Å². The molecule has 1 heterocycles. The topological polar surface area (TPSA) is 76.1 Å². The summed E-state index contributed by atoms with van der Waals surface area (Å²) in [5.41, 5.74) is 0.829. The van der Waals surface area contributed by atoms with Gasteiger partial charge in [-0.1, -0.05) is 0 Å². The number of hydrogen-bond acceptors (Lipinski definition) is 6. The van der Waals surface area contributed by atoms with Crippen molar-refractivity contribution in [2.24, 2.45) is 0 Å². The minimum absolute atomic E-state index is 0.328. The largest absolute Gasteiger partial charge is 0.467 e. The average molecular weight is 238 g/mol. The number of aryl methyl sites for hydroxylation is 1. The van der Waals surface area contributed by atoms with Crippen LogP contribution in [0.3, 0.4) is 0 Å². The van der Waals surface area contributed by atoms with E-state index in [9.17, 15) is 4.79 Å². The van der Waals surface area contributed by atoms with Crippen LogP contribution in [0.5, 0.6) is 0 Å². The molecule has 6 nitrogen and oxygen atoms in total. The quantitative estimate of drug-likeness (QED) is 0.750. The second-order valence-corrected chi connectivity index (χ2v) is 3.64. The maximum Gasteiger partial charge on any atom is 0.328 e. The highest BCUT2D eigenvalue weighted by molar-refractivity contribution is 5.78. The molecule has 0 aromatic carbocycles. The Bertz CT molecular complexity index is 395. The van der Waals surface area contributed by atoms with Gasteiger partial charge in [0, 0.05) is 18.3 Å². The molecule has 17 heavy (non-hydrogen) atoms. The number of nitrogens with zero attached hydrogens (tertiary/aromatic N) is 2. The molecule has 0 aliphatic carbocycles. The van der Waals surface area contributed by atoms with Crippen LogP contribution in [-0.4, -0.2) is 35.6 Å². The van der Waals surface area contributed by atoms with E-state index in [4.69, 9.17) is 0 Å². The van der Waals surface area contributed by atoms with Gasteiger partial charge in [-0.15, -0.1) is 0 Å². The van der Waals surface area contributed by atoms with Crippen molar-refractivity contribution in [3.63, 3.8) is 0 Å². The van der Waals surface area contributed by atoms with Gasteiger partial charge in [0.2, 0.25) is 5.95 Å². The molecule has 0 saturated heterocycles. The van der Waals surface area contributed by atoms with E-state index in [2.05, 4.69) is 25.3 Å². The lowest BCUT2D eigenvalue weighted by molar-refractivity contribution is -0.141. The van der Waals surface area contributed by atoms with E-state index in [1.165, 1.54) is 7.11 Å². The Balaban J connectivity index is 2.80. The molecule has 6 heteroatoms. The Morgan fingerprint density at radius 1 is 1.53 bits per heavy atom. The number of carbonyl (C=O) groups excluding carboxylic acids is 1. The molecule has 0 aliphatic heterocycles. The van der Waals surface area contributed by atoms with Gasteiger partial charge in [0.1, 0.15) is 11.9 Å². The predicted octanol–water partition coefficient (Wildman–Crippen LogP) is 1.19.